The van der Waals surface area contributed by atoms with Crippen molar-refractivity contribution in [2.45, 2.75) is 13.5 Å². The maximum atomic E-state index is 11.3. The lowest BCUT2D eigenvalue weighted by atomic mass is 10.2. The first-order valence-corrected chi connectivity index (χ1v) is 6.61. The van der Waals surface area contributed by atoms with E-state index in [0.29, 0.717) is 17.6 Å². The van der Waals surface area contributed by atoms with E-state index in [0.717, 1.165) is 10.6 Å². The Morgan fingerprint density at radius 2 is 2.26 bits per heavy atom. The average molecular weight is 273 g/mol. The number of nitrogens with zero attached hydrogens (tertiary/aromatic N) is 3. The first kappa shape index (κ1) is 11.9. The number of hydrogen-bond acceptors (Lipinski definition) is 4. The smallest absolute Gasteiger partial charge is 0.337 e. The number of hydrogen-bond donors (Lipinski definition) is 1. The van der Waals surface area contributed by atoms with Crippen LogP contribution in [0.2, 0.25) is 0 Å². The topological polar surface area (TPSA) is 68.0 Å². The number of para-hydroxylation sites is 1. The predicted molar refractivity (Wildman–Crippen MR) is 72.6 cm³/mol. The maximum absolute atomic E-state index is 11.3. The van der Waals surface area contributed by atoms with E-state index in [4.69, 9.17) is 0 Å². The van der Waals surface area contributed by atoms with Gasteiger partial charge in [-0.2, -0.15) is 0 Å². The van der Waals surface area contributed by atoms with Gasteiger partial charge in [0.1, 0.15) is 0 Å². The third-order valence-electron chi connectivity index (χ3n) is 3.03. The van der Waals surface area contributed by atoms with Crippen molar-refractivity contribution in [3.05, 3.63) is 46.2 Å². The molecule has 19 heavy (non-hydrogen) atoms. The van der Waals surface area contributed by atoms with Crippen molar-refractivity contribution in [1.82, 2.24) is 14.5 Å². The number of aromatic carboxylic acids is 1. The molecule has 0 radical (unpaired) electrons. The maximum Gasteiger partial charge on any atom is 0.337 e. The number of thiazole rings is 1. The van der Waals surface area contributed by atoms with Crippen LogP contribution >= 0.6 is 11.3 Å². The van der Waals surface area contributed by atoms with Gasteiger partial charge in [-0.05, 0) is 19.1 Å². The molecule has 0 bridgehead atoms. The van der Waals surface area contributed by atoms with Gasteiger partial charge >= 0.3 is 5.97 Å². The monoisotopic (exact) mass is 273 g/mol. The first-order valence-electron chi connectivity index (χ1n) is 5.73. The molecule has 0 atom stereocenters. The van der Waals surface area contributed by atoms with E-state index < -0.39 is 5.97 Å². The normalized spacial score (nSPS) is 11.0. The number of aromatic nitrogens is 3. The highest BCUT2D eigenvalue weighted by molar-refractivity contribution is 7.09. The molecule has 0 unspecified atom stereocenters. The quantitative estimate of drug-likeness (QED) is 0.796. The second-order valence-electron chi connectivity index (χ2n) is 4.21. The van der Waals surface area contributed by atoms with Crippen LogP contribution < -0.4 is 0 Å². The molecule has 2 aromatic heterocycles. The summed E-state index contributed by atoms with van der Waals surface area (Å²) in [5, 5.41) is 9.26. The van der Waals surface area contributed by atoms with E-state index >= 15 is 0 Å². The zero-order valence-corrected chi connectivity index (χ0v) is 11.0. The Kier molecular flexibility index (Phi) is 2.79. The van der Waals surface area contributed by atoms with E-state index in [1.165, 1.54) is 0 Å². The van der Waals surface area contributed by atoms with Crippen molar-refractivity contribution in [2.75, 3.05) is 0 Å². The number of carboxylic acids is 1. The average Bonchev–Trinajstić information content (AvgIpc) is 2.97. The van der Waals surface area contributed by atoms with Gasteiger partial charge in [0.15, 0.2) is 0 Å². The number of carboxylic acid groups (broad SMARTS) is 1. The van der Waals surface area contributed by atoms with Crippen molar-refractivity contribution >= 4 is 28.3 Å². The summed E-state index contributed by atoms with van der Waals surface area (Å²) in [5.41, 5.74) is 4.39. The summed E-state index contributed by atoms with van der Waals surface area (Å²) >= 11 is 1.56. The summed E-state index contributed by atoms with van der Waals surface area (Å²) in [6, 6.07) is 5.13. The van der Waals surface area contributed by atoms with E-state index in [1.54, 1.807) is 35.3 Å². The number of imidazole rings is 1. The third-order valence-corrected chi connectivity index (χ3v) is 3.95. The summed E-state index contributed by atoms with van der Waals surface area (Å²) < 4.78 is 1.86. The summed E-state index contributed by atoms with van der Waals surface area (Å²) in [6.45, 7) is 2.54. The van der Waals surface area contributed by atoms with Gasteiger partial charge in [-0.3, -0.25) is 0 Å². The van der Waals surface area contributed by atoms with Gasteiger partial charge in [0.25, 0.3) is 0 Å². The van der Waals surface area contributed by atoms with Crippen molar-refractivity contribution in [1.29, 1.82) is 0 Å². The molecule has 3 aromatic rings. The highest BCUT2D eigenvalue weighted by Gasteiger charge is 2.14. The van der Waals surface area contributed by atoms with Crippen LogP contribution in [0, 0.1) is 6.92 Å². The molecule has 0 aliphatic carbocycles. The second kappa shape index (κ2) is 4.47. The number of rotatable bonds is 3. The van der Waals surface area contributed by atoms with Gasteiger partial charge in [-0.25, -0.2) is 14.8 Å². The molecule has 0 spiro atoms. The molecule has 3 rings (SSSR count). The minimum Gasteiger partial charge on any atom is -0.478 e. The fourth-order valence-electron chi connectivity index (χ4n) is 2.05. The van der Waals surface area contributed by atoms with Crippen LogP contribution in [0.15, 0.2) is 30.0 Å². The molecule has 6 heteroatoms. The van der Waals surface area contributed by atoms with E-state index in [2.05, 4.69) is 9.97 Å². The molecule has 96 valence electrons. The van der Waals surface area contributed by atoms with E-state index in [9.17, 15) is 9.90 Å². The van der Waals surface area contributed by atoms with Crippen LogP contribution in [0.25, 0.3) is 11.0 Å². The molecular weight excluding hydrogens is 262 g/mol. The summed E-state index contributed by atoms with van der Waals surface area (Å²) in [5.74, 6) is -0.937. The summed E-state index contributed by atoms with van der Waals surface area (Å²) in [4.78, 5) is 20.9. The van der Waals surface area contributed by atoms with Crippen LogP contribution in [0.4, 0.5) is 0 Å². The third kappa shape index (κ3) is 2.00. The standard InChI is InChI=1S/C13H11N3O2S/c1-8-11(19-7-15-8)5-16-6-14-10-4-2-3-9(12(10)16)13(17)18/h2-4,6-7H,5H2,1H3,(H,17,18). The molecule has 5 nitrogen and oxygen atoms in total. The molecule has 0 aliphatic heterocycles. The van der Waals surface area contributed by atoms with Gasteiger partial charge in [-0.15, -0.1) is 11.3 Å². The Morgan fingerprint density at radius 3 is 2.95 bits per heavy atom. The lowest BCUT2D eigenvalue weighted by molar-refractivity contribution is 0.0698. The molecule has 0 saturated carbocycles. The summed E-state index contributed by atoms with van der Waals surface area (Å²) in [6.07, 6.45) is 1.68. The highest BCUT2D eigenvalue weighted by Crippen LogP contribution is 2.21. The predicted octanol–water partition coefficient (Wildman–Crippen LogP) is 2.55. The molecule has 0 aliphatic rings. The number of aryl methyl sites for hydroxylation is 1. The van der Waals surface area contributed by atoms with Crippen LogP contribution in [-0.4, -0.2) is 25.6 Å². The van der Waals surface area contributed by atoms with Crippen LogP contribution in [0.5, 0.6) is 0 Å². The fourth-order valence-corrected chi connectivity index (χ4v) is 2.83. The Bertz CT molecular complexity index is 760. The Labute approximate surface area is 113 Å². The lowest BCUT2D eigenvalue weighted by Gasteiger charge is -2.05. The summed E-state index contributed by atoms with van der Waals surface area (Å²) in [7, 11) is 0. The second-order valence-corrected chi connectivity index (χ2v) is 5.15. The Hall–Kier alpha value is -2.21. The minimum absolute atomic E-state index is 0.275. The molecule has 1 N–H and O–H groups in total. The van der Waals surface area contributed by atoms with Gasteiger partial charge in [0, 0.05) is 4.88 Å². The Morgan fingerprint density at radius 1 is 1.42 bits per heavy atom. The SMILES string of the molecule is Cc1ncsc1Cn1cnc2cccc(C(=O)O)c21. The van der Waals surface area contributed by atoms with Crippen LogP contribution in [-0.2, 0) is 6.54 Å². The Balaban J connectivity index is 2.14. The van der Waals surface area contributed by atoms with E-state index in [-0.39, 0.29) is 5.56 Å². The van der Waals surface area contributed by atoms with Crippen molar-refractivity contribution in [3.8, 4) is 0 Å². The first-order chi connectivity index (χ1) is 9.16. The minimum atomic E-state index is -0.937. The van der Waals surface area contributed by atoms with Crippen LogP contribution in [0.1, 0.15) is 20.9 Å². The number of fused-ring (bicyclic) bond motifs is 1. The van der Waals surface area contributed by atoms with Gasteiger partial charge in [0.05, 0.1) is 40.7 Å². The van der Waals surface area contributed by atoms with Crippen LogP contribution in [0.3, 0.4) is 0 Å². The zero-order valence-electron chi connectivity index (χ0n) is 10.2. The fraction of sp³-hybridized carbons (Fsp3) is 0.154. The lowest BCUT2D eigenvalue weighted by Crippen LogP contribution is -2.04. The number of benzene rings is 1. The number of carbonyl (C=O) groups is 1. The van der Waals surface area contributed by atoms with Crippen molar-refractivity contribution in [2.24, 2.45) is 0 Å². The molecule has 1 aromatic carbocycles. The molecule has 2 heterocycles. The van der Waals surface area contributed by atoms with E-state index in [1.807, 2.05) is 17.6 Å². The van der Waals surface area contributed by atoms with Crippen molar-refractivity contribution < 1.29 is 9.90 Å². The zero-order chi connectivity index (χ0) is 13.4. The highest BCUT2D eigenvalue weighted by atomic mass is 32.1. The van der Waals surface area contributed by atoms with Gasteiger partial charge in [0.2, 0.25) is 0 Å². The van der Waals surface area contributed by atoms with Gasteiger partial charge in [-0.1, -0.05) is 6.07 Å². The molecule has 0 fully saturated rings. The molecular formula is C13H11N3O2S. The molecule has 0 saturated heterocycles. The largest absolute Gasteiger partial charge is 0.478 e. The molecule has 0 amide bonds. The van der Waals surface area contributed by atoms with Gasteiger partial charge < -0.3 is 9.67 Å². The van der Waals surface area contributed by atoms with Crippen molar-refractivity contribution in [3.63, 3.8) is 0 Å².